The Morgan fingerprint density at radius 2 is 1.28 bits per heavy atom. The van der Waals surface area contributed by atoms with E-state index in [2.05, 4.69) is 62.4 Å². The Labute approximate surface area is 164 Å². The SMILES string of the molecule is CCCCCCc1ccc([I-]c2ccc(OCCCCC)cc2)cc1. The molecule has 0 N–H and O–H groups in total. The van der Waals surface area contributed by atoms with Crippen LogP contribution in [0.25, 0.3) is 0 Å². The molecule has 25 heavy (non-hydrogen) atoms. The van der Waals surface area contributed by atoms with Gasteiger partial charge in [0, 0.05) is 0 Å². The van der Waals surface area contributed by atoms with Crippen LogP contribution in [0.5, 0.6) is 5.75 Å². The van der Waals surface area contributed by atoms with Gasteiger partial charge < -0.3 is 0 Å². The first-order valence-corrected chi connectivity index (χ1v) is 11.9. The first-order chi connectivity index (χ1) is 12.3. The molecule has 0 spiro atoms. The Morgan fingerprint density at radius 1 is 0.680 bits per heavy atom. The molecule has 0 aliphatic carbocycles. The summed E-state index contributed by atoms with van der Waals surface area (Å²) in [5.41, 5.74) is 1.49. The number of hydrogen-bond donors (Lipinski definition) is 0. The summed E-state index contributed by atoms with van der Waals surface area (Å²) in [5.74, 6) is 1.01. The molecule has 0 saturated heterocycles. The van der Waals surface area contributed by atoms with Crippen molar-refractivity contribution >= 4 is 0 Å². The molecular weight excluding hydrogens is 419 g/mol. The minimum absolute atomic E-state index is 0.0916. The van der Waals surface area contributed by atoms with Crippen LogP contribution in [0.3, 0.4) is 0 Å². The maximum absolute atomic E-state index is 5.80. The summed E-state index contributed by atoms with van der Waals surface area (Å²) in [4.78, 5) is 0. The Morgan fingerprint density at radius 3 is 1.92 bits per heavy atom. The van der Waals surface area contributed by atoms with Crippen LogP contribution >= 0.6 is 0 Å². The van der Waals surface area contributed by atoms with Gasteiger partial charge in [0.15, 0.2) is 0 Å². The first kappa shape index (κ1) is 20.3. The Kier molecular flexibility index (Phi) is 10.0. The van der Waals surface area contributed by atoms with E-state index >= 15 is 0 Å². The zero-order valence-corrected chi connectivity index (χ0v) is 17.9. The average molecular weight is 451 g/mol. The number of halogens is 1. The third-order valence-electron chi connectivity index (χ3n) is 4.28. The second-order valence-electron chi connectivity index (χ2n) is 6.54. The number of benzene rings is 2. The van der Waals surface area contributed by atoms with Crippen molar-refractivity contribution in [3.8, 4) is 5.75 Å². The zero-order chi connectivity index (χ0) is 17.7. The van der Waals surface area contributed by atoms with Crippen molar-refractivity contribution in [1.82, 2.24) is 0 Å². The van der Waals surface area contributed by atoms with Crippen LogP contribution < -0.4 is 25.9 Å². The average Bonchev–Trinajstić information content (AvgIpc) is 2.65. The fraction of sp³-hybridized carbons (Fsp3) is 0.478. The molecule has 1 nitrogen and oxygen atoms in total. The molecular formula is C23H32IO-. The number of aryl methyl sites for hydroxylation is 1. The predicted molar refractivity (Wildman–Crippen MR) is 103 cm³/mol. The molecule has 0 bridgehead atoms. The van der Waals surface area contributed by atoms with Gasteiger partial charge in [-0.2, -0.15) is 0 Å². The van der Waals surface area contributed by atoms with Crippen molar-refractivity contribution in [3.63, 3.8) is 0 Å². The van der Waals surface area contributed by atoms with Gasteiger partial charge >= 0.3 is 165 Å². The zero-order valence-electron chi connectivity index (χ0n) is 15.8. The second kappa shape index (κ2) is 12.3. The number of unbranched alkanes of at least 4 members (excludes halogenated alkanes) is 5. The predicted octanol–water partition coefficient (Wildman–Crippen LogP) is 3.51. The molecule has 2 aromatic carbocycles. The molecule has 0 atom stereocenters. The Hall–Kier alpha value is -1.03. The van der Waals surface area contributed by atoms with E-state index in [0.717, 1.165) is 18.8 Å². The number of hydrogen-bond acceptors (Lipinski definition) is 1. The van der Waals surface area contributed by atoms with E-state index < -0.39 is 0 Å². The summed E-state index contributed by atoms with van der Waals surface area (Å²) in [6.45, 7) is 5.32. The maximum atomic E-state index is 5.80. The molecule has 2 heteroatoms. The number of ether oxygens (including phenoxy) is 1. The van der Waals surface area contributed by atoms with E-state index in [1.807, 2.05) is 0 Å². The van der Waals surface area contributed by atoms with Crippen LogP contribution in [0.4, 0.5) is 0 Å². The van der Waals surface area contributed by atoms with Crippen molar-refractivity contribution in [2.75, 3.05) is 6.61 Å². The third kappa shape index (κ3) is 8.26. The van der Waals surface area contributed by atoms with Crippen molar-refractivity contribution < 1.29 is 25.9 Å². The van der Waals surface area contributed by atoms with E-state index in [4.69, 9.17) is 4.74 Å². The summed E-state index contributed by atoms with van der Waals surface area (Å²) in [6, 6.07) is 18.0. The van der Waals surface area contributed by atoms with Gasteiger partial charge in [-0.3, -0.25) is 0 Å². The van der Waals surface area contributed by atoms with E-state index in [0.29, 0.717) is 0 Å². The molecule has 0 radical (unpaired) electrons. The molecule has 0 amide bonds. The molecule has 2 aromatic rings. The van der Waals surface area contributed by atoms with Crippen LogP contribution in [-0.2, 0) is 6.42 Å². The van der Waals surface area contributed by atoms with Crippen LogP contribution in [-0.4, -0.2) is 6.61 Å². The van der Waals surface area contributed by atoms with Crippen LogP contribution in [0, 0.1) is 7.14 Å². The topological polar surface area (TPSA) is 9.23 Å². The van der Waals surface area contributed by atoms with Gasteiger partial charge in [-0.05, 0) is 0 Å². The van der Waals surface area contributed by atoms with Crippen molar-refractivity contribution in [2.45, 2.75) is 65.2 Å². The third-order valence-corrected chi connectivity index (χ3v) is 6.96. The van der Waals surface area contributed by atoms with Crippen molar-refractivity contribution in [1.29, 1.82) is 0 Å². The molecule has 0 fully saturated rings. The quantitative estimate of drug-likeness (QED) is 0.355. The monoisotopic (exact) mass is 451 g/mol. The summed E-state index contributed by atoms with van der Waals surface area (Å²) in [5, 5.41) is 0. The summed E-state index contributed by atoms with van der Waals surface area (Å²) in [7, 11) is 0. The van der Waals surface area contributed by atoms with E-state index in [1.54, 1.807) is 0 Å². The summed E-state index contributed by atoms with van der Waals surface area (Å²) in [6.07, 6.45) is 10.2. The van der Waals surface area contributed by atoms with Gasteiger partial charge in [0.2, 0.25) is 0 Å². The normalized spacial score (nSPS) is 11.0. The Bertz CT molecular complexity index is 521. The molecule has 0 aliphatic heterocycles. The van der Waals surface area contributed by atoms with Gasteiger partial charge in [-0.15, -0.1) is 0 Å². The summed E-state index contributed by atoms with van der Waals surface area (Å²) >= 11 is -0.0916. The van der Waals surface area contributed by atoms with Gasteiger partial charge in [-0.1, -0.05) is 0 Å². The van der Waals surface area contributed by atoms with Crippen molar-refractivity contribution in [2.24, 2.45) is 0 Å². The van der Waals surface area contributed by atoms with E-state index in [9.17, 15) is 0 Å². The van der Waals surface area contributed by atoms with E-state index in [-0.39, 0.29) is 21.2 Å². The molecule has 0 aliphatic rings. The Balaban J connectivity index is 1.77. The van der Waals surface area contributed by atoms with Gasteiger partial charge in [-0.25, -0.2) is 0 Å². The van der Waals surface area contributed by atoms with Crippen LogP contribution in [0.15, 0.2) is 48.5 Å². The molecule has 0 saturated carbocycles. The molecule has 2 rings (SSSR count). The second-order valence-corrected chi connectivity index (χ2v) is 9.57. The number of rotatable bonds is 12. The van der Waals surface area contributed by atoms with Gasteiger partial charge in [0.05, 0.1) is 0 Å². The molecule has 0 unspecified atom stereocenters. The van der Waals surface area contributed by atoms with Crippen molar-refractivity contribution in [3.05, 3.63) is 61.2 Å². The summed E-state index contributed by atoms with van der Waals surface area (Å²) < 4.78 is 8.74. The van der Waals surface area contributed by atoms with Crippen LogP contribution in [0.2, 0.25) is 0 Å². The molecule has 0 heterocycles. The first-order valence-electron chi connectivity index (χ1n) is 9.78. The van der Waals surface area contributed by atoms with Crippen LogP contribution in [0.1, 0.15) is 64.4 Å². The standard InChI is InChI=1S/C23H32IO/c1-3-5-7-8-10-20-11-13-21(14-12-20)24-22-15-17-23(18-16-22)25-19-9-6-4-2/h11-18H,3-10,19H2,1-2H3/q-1. The molecule has 138 valence electrons. The molecule has 0 aromatic heterocycles. The van der Waals surface area contributed by atoms with Gasteiger partial charge in [0.25, 0.3) is 0 Å². The van der Waals surface area contributed by atoms with Gasteiger partial charge in [0.1, 0.15) is 0 Å². The fourth-order valence-corrected chi connectivity index (χ4v) is 4.89. The fourth-order valence-electron chi connectivity index (χ4n) is 2.73. The minimum atomic E-state index is -0.0916. The van der Waals surface area contributed by atoms with E-state index in [1.165, 1.54) is 57.6 Å².